The lowest BCUT2D eigenvalue weighted by atomic mass is 9.71. The number of ketones is 1. The molecule has 1 aromatic heterocycles. The number of aromatic amines is 1. The van der Waals surface area contributed by atoms with Crippen molar-refractivity contribution in [3.63, 3.8) is 0 Å². The van der Waals surface area contributed by atoms with Crippen LogP contribution in [-0.4, -0.2) is 34.7 Å². The van der Waals surface area contributed by atoms with Gasteiger partial charge in [0.25, 0.3) is 0 Å². The molecule has 1 aliphatic carbocycles. The Labute approximate surface area is 186 Å². The topological polar surface area (TPSA) is 71.5 Å². The fraction of sp³-hybridized carbons (Fsp3) is 0.400. The highest BCUT2D eigenvalue weighted by molar-refractivity contribution is 6.31. The number of phenols is 1. The Morgan fingerprint density at radius 3 is 2.71 bits per heavy atom. The predicted molar refractivity (Wildman–Crippen MR) is 121 cm³/mol. The summed E-state index contributed by atoms with van der Waals surface area (Å²) in [7, 11) is 0. The van der Waals surface area contributed by atoms with E-state index in [0.29, 0.717) is 35.1 Å². The lowest BCUT2D eigenvalue weighted by Crippen LogP contribution is -2.30. The molecule has 0 saturated carbocycles. The Balaban J connectivity index is 1.54. The van der Waals surface area contributed by atoms with E-state index in [1.54, 1.807) is 12.1 Å². The number of nitrogens with one attached hydrogen (secondary N) is 1. The molecule has 2 N–H and O–H groups in total. The monoisotopic (exact) mass is 439 g/mol. The molecule has 5 rings (SSSR count). The van der Waals surface area contributed by atoms with Crippen LogP contribution in [0.1, 0.15) is 61.3 Å². The first-order valence-electron chi connectivity index (χ1n) is 10.6. The third kappa shape index (κ3) is 3.22. The van der Waals surface area contributed by atoms with E-state index in [9.17, 15) is 9.90 Å². The first-order valence-corrected chi connectivity index (χ1v) is 11.0. The van der Waals surface area contributed by atoms with E-state index >= 15 is 0 Å². The molecule has 162 valence electrons. The van der Waals surface area contributed by atoms with Crippen LogP contribution in [0.25, 0.3) is 10.9 Å². The average Bonchev–Trinajstić information content (AvgIpc) is 3.25. The molecule has 2 heterocycles. The molecule has 0 amide bonds. The van der Waals surface area contributed by atoms with E-state index in [1.165, 1.54) is 0 Å². The maximum absolute atomic E-state index is 13.4. The average molecular weight is 440 g/mol. The summed E-state index contributed by atoms with van der Waals surface area (Å²) in [6, 6.07) is 8.84. The summed E-state index contributed by atoms with van der Waals surface area (Å²) in [6.45, 7) is 9.39. The van der Waals surface area contributed by atoms with Crippen molar-refractivity contribution < 1.29 is 19.4 Å². The van der Waals surface area contributed by atoms with Gasteiger partial charge in [-0.3, -0.25) is 4.79 Å². The van der Waals surface area contributed by atoms with Crippen LogP contribution in [0, 0.1) is 5.92 Å². The summed E-state index contributed by atoms with van der Waals surface area (Å²) in [5.41, 5.74) is 3.04. The number of hydrogen-bond donors (Lipinski definition) is 2. The Hall–Kier alpha value is -2.50. The standard InChI is InChI=1S/C25H26ClNO4/c1-24(2)10-13(12-31-24)11-30-20-9-17-16(8-19(20)28)22(29)21-15-6-5-14(26)7-18(15)27-23(21)25(17,3)4/h5-9,13,27-28H,10-12H2,1-4H3/t13-/m0/s1. The number of rotatable bonds is 3. The van der Waals surface area contributed by atoms with Gasteiger partial charge in [-0.1, -0.05) is 31.5 Å². The summed E-state index contributed by atoms with van der Waals surface area (Å²) in [6.07, 6.45) is 0.906. The zero-order chi connectivity index (χ0) is 22.1. The Morgan fingerprint density at radius 1 is 1.23 bits per heavy atom. The van der Waals surface area contributed by atoms with Crippen LogP contribution in [0.2, 0.25) is 5.02 Å². The molecule has 1 fully saturated rings. The van der Waals surface area contributed by atoms with Gasteiger partial charge in [-0.05, 0) is 50.1 Å². The number of aromatic hydroxyl groups is 1. The number of benzene rings is 2. The summed E-state index contributed by atoms with van der Waals surface area (Å²) >= 11 is 6.16. The fourth-order valence-electron chi connectivity index (χ4n) is 5.00. The normalized spacial score (nSPS) is 21.2. The highest BCUT2D eigenvalue weighted by Gasteiger charge is 2.40. The maximum Gasteiger partial charge on any atom is 0.195 e. The SMILES string of the molecule is CC1(C)C[C@@H](COc2cc3c(cc2O)C(=O)c2c([nH]c4cc(Cl)ccc24)C3(C)C)CO1. The van der Waals surface area contributed by atoms with Crippen LogP contribution < -0.4 is 4.74 Å². The number of H-pyrrole nitrogens is 1. The Kier molecular flexibility index (Phi) is 4.44. The quantitative estimate of drug-likeness (QED) is 0.558. The first kappa shape index (κ1) is 20.4. The second-order valence-electron chi connectivity index (χ2n) is 9.84. The Bertz CT molecular complexity index is 1220. The van der Waals surface area contributed by atoms with Crippen LogP contribution >= 0.6 is 11.6 Å². The zero-order valence-electron chi connectivity index (χ0n) is 18.1. The molecule has 1 atom stereocenters. The van der Waals surface area contributed by atoms with Crippen LogP contribution in [-0.2, 0) is 10.2 Å². The summed E-state index contributed by atoms with van der Waals surface area (Å²) in [4.78, 5) is 16.8. The maximum atomic E-state index is 13.4. The Morgan fingerprint density at radius 2 is 2.00 bits per heavy atom. The van der Waals surface area contributed by atoms with E-state index in [2.05, 4.69) is 32.7 Å². The number of aromatic nitrogens is 1. The van der Waals surface area contributed by atoms with Gasteiger partial charge in [0.2, 0.25) is 0 Å². The van der Waals surface area contributed by atoms with Crippen molar-refractivity contribution in [2.24, 2.45) is 5.92 Å². The highest BCUT2D eigenvalue weighted by atomic mass is 35.5. The molecule has 6 heteroatoms. The second kappa shape index (κ2) is 6.75. The molecule has 0 radical (unpaired) electrons. The van der Waals surface area contributed by atoms with Crippen LogP contribution in [0.4, 0.5) is 0 Å². The summed E-state index contributed by atoms with van der Waals surface area (Å²) in [5.74, 6) is 0.537. The lowest BCUT2D eigenvalue weighted by molar-refractivity contribution is 0.0340. The van der Waals surface area contributed by atoms with E-state index in [0.717, 1.165) is 28.6 Å². The number of halogens is 1. The van der Waals surface area contributed by atoms with Gasteiger partial charge in [-0.15, -0.1) is 0 Å². The second-order valence-corrected chi connectivity index (χ2v) is 10.3. The van der Waals surface area contributed by atoms with Gasteiger partial charge < -0.3 is 19.6 Å². The smallest absolute Gasteiger partial charge is 0.195 e. The van der Waals surface area contributed by atoms with Gasteiger partial charge in [0.15, 0.2) is 17.3 Å². The van der Waals surface area contributed by atoms with E-state index in [-0.39, 0.29) is 23.1 Å². The molecular formula is C25H26ClNO4. The number of ether oxygens (including phenoxy) is 2. The van der Waals surface area contributed by atoms with Crippen molar-refractivity contribution >= 4 is 28.3 Å². The van der Waals surface area contributed by atoms with Crippen molar-refractivity contribution in [3.05, 3.63) is 57.7 Å². The minimum atomic E-state index is -0.478. The predicted octanol–water partition coefficient (Wildman–Crippen LogP) is 5.59. The van der Waals surface area contributed by atoms with E-state index < -0.39 is 5.41 Å². The van der Waals surface area contributed by atoms with E-state index in [4.69, 9.17) is 21.1 Å². The molecule has 5 nitrogen and oxygen atoms in total. The minimum Gasteiger partial charge on any atom is -0.504 e. The number of carbonyl (C=O) groups is 1. The van der Waals surface area contributed by atoms with Gasteiger partial charge in [-0.25, -0.2) is 0 Å². The number of hydrogen-bond acceptors (Lipinski definition) is 4. The van der Waals surface area contributed by atoms with Gasteiger partial charge in [0.1, 0.15) is 0 Å². The van der Waals surface area contributed by atoms with Crippen LogP contribution in [0.3, 0.4) is 0 Å². The van der Waals surface area contributed by atoms with Gasteiger partial charge in [0, 0.05) is 38.5 Å². The molecule has 0 bridgehead atoms. The van der Waals surface area contributed by atoms with Gasteiger partial charge in [-0.2, -0.15) is 0 Å². The third-order valence-electron chi connectivity index (χ3n) is 6.59. The van der Waals surface area contributed by atoms with Crippen molar-refractivity contribution in [1.29, 1.82) is 0 Å². The first-order chi connectivity index (χ1) is 14.6. The fourth-order valence-corrected chi connectivity index (χ4v) is 5.18. The third-order valence-corrected chi connectivity index (χ3v) is 6.83. The number of phenolic OH excluding ortho intramolecular Hbond substituents is 1. The number of carbonyl (C=O) groups excluding carboxylic acids is 1. The molecule has 0 unspecified atom stereocenters. The minimum absolute atomic E-state index is 0.0209. The largest absolute Gasteiger partial charge is 0.504 e. The molecule has 0 spiro atoms. The van der Waals surface area contributed by atoms with Crippen LogP contribution in [0.15, 0.2) is 30.3 Å². The molecule has 3 aromatic rings. The molecule has 2 aromatic carbocycles. The lowest BCUT2D eigenvalue weighted by Gasteiger charge is -2.32. The van der Waals surface area contributed by atoms with Crippen molar-refractivity contribution in [1.82, 2.24) is 4.98 Å². The van der Waals surface area contributed by atoms with Gasteiger partial charge >= 0.3 is 0 Å². The molecule has 1 aliphatic heterocycles. The van der Waals surface area contributed by atoms with Crippen molar-refractivity contribution in [2.45, 2.75) is 45.1 Å². The molecule has 1 saturated heterocycles. The zero-order valence-corrected chi connectivity index (χ0v) is 18.9. The number of fused-ring (bicyclic) bond motifs is 4. The van der Waals surface area contributed by atoms with Gasteiger partial charge in [0.05, 0.1) is 24.4 Å². The summed E-state index contributed by atoms with van der Waals surface area (Å²) in [5, 5.41) is 12.1. The molecular weight excluding hydrogens is 414 g/mol. The summed E-state index contributed by atoms with van der Waals surface area (Å²) < 4.78 is 11.8. The van der Waals surface area contributed by atoms with Crippen molar-refractivity contribution in [2.75, 3.05) is 13.2 Å². The molecule has 2 aliphatic rings. The molecule has 31 heavy (non-hydrogen) atoms. The van der Waals surface area contributed by atoms with E-state index in [1.807, 2.05) is 18.2 Å². The van der Waals surface area contributed by atoms with Crippen LogP contribution in [0.5, 0.6) is 11.5 Å². The highest BCUT2D eigenvalue weighted by Crippen LogP contribution is 2.47. The van der Waals surface area contributed by atoms with Crippen molar-refractivity contribution in [3.8, 4) is 11.5 Å².